The van der Waals surface area contributed by atoms with Crippen LogP contribution in [0.15, 0.2) is 16.5 Å². The van der Waals surface area contributed by atoms with Crippen LogP contribution in [0, 0.1) is 24.4 Å². The van der Waals surface area contributed by atoms with Gasteiger partial charge in [-0.05, 0) is 6.92 Å². The fraction of sp³-hybridized carbons (Fsp3) is 0.0909. The summed E-state index contributed by atoms with van der Waals surface area (Å²) in [6.07, 6.45) is 0.882. The molecule has 1 N–H and O–H groups in total. The van der Waals surface area contributed by atoms with Crippen molar-refractivity contribution >= 4 is 34.3 Å². The van der Waals surface area contributed by atoms with Gasteiger partial charge in [-0.2, -0.15) is 5.10 Å². The predicted molar refractivity (Wildman–Crippen MR) is 69.4 cm³/mol. The Labute approximate surface area is 115 Å². The number of benzene rings is 1. The van der Waals surface area contributed by atoms with Crippen molar-refractivity contribution in [3.8, 4) is 0 Å². The quantitative estimate of drug-likeness (QED) is 0.403. The molecule has 1 heterocycles. The highest BCUT2D eigenvalue weighted by atomic mass is 35.5. The molecule has 3 nitrogen and oxygen atoms in total. The molecule has 19 heavy (non-hydrogen) atoms. The molecular weight excluding hydrogens is 299 g/mol. The molecule has 0 saturated heterocycles. The summed E-state index contributed by atoms with van der Waals surface area (Å²) in [5, 5.41) is 5.12. The molecule has 0 aliphatic heterocycles. The molecule has 0 saturated carbocycles. The summed E-state index contributed by atoms with van der Waals surface area (Å²) in [7, 11) is 0. The van der Waals surface area contributed by atoms with Crippen molar-refractivity contribution in [2.75, 3.05) is 5.43 Å². The monoisotopic (exact) mass is 305 g/mol. The van der Waals surface area contributed by atoms with Crippen LogP contribution in [0.4, 0.5) is 18.3 Å². The Balaban J connectivity index is 2.21. The van der Waals surface area contributed by atoms with Crippen LogP contribution in [-0.2, 0) is 0 Å². The Morgan fingerprint density at radius 1 is 1.37 bits per heavy atom. The summed E-state index contributed by atoms with van der Waals surface area (Å²) >= 11 is 6.63. The summed E-state index contributed by atoms with van der Waals surface area (Å²) in [6.45, 7) is 1.80. The maximum absolute atomic E-state index is 13.5. The number of hydrogen-bond acceptors (Lipinski definition) is 4. The largest absolute Gasteiger partial charge is 0.253 e. The molecule has 0 unspecified atom stereocenters. The molecular formula is C11H7ClF3N3S. The van der Waals surface area contributed by atoms with E-state index in [2.05, 4.69) is 15.5 Å². The van der Waals surface area contributed by atoms with Gasteiger partial charge in [0.15, 0.2) is 5.82 Å². The highest BCUT2D eigenvalue weighted by Gasteiger charge is 2.15. The summed E-state index contributed by atoms with van der Waals surface area (Å²) in [6, 6.07) is 0.500. The number of rotatable bonds is 3. The third-order valence-corrected chi connectivity index (χ3v) is 3.33. The van der Waals surface area contributed by atoms with E-state index in [0.29, 0.717) is 11.2 Å². The van der Waals surface area contributed by atoms with Crippen molar-refractivity contribution in [1.29, 1.82) is 0 Å². The number of halogens is 4. The van der Waals surface area contributed by atoms with E-state index in [-0.39, 0.29) is 0 Å². The van der Waals surface area contributed by atoms with Gasteiger partial charge in [-0.3, -0.25) is 5.43 Å². The lowest BCUT2D eigenvalue weighted by Gasteiger charge is -2.02. The van der Waals surface area contributed by atoms with Gasteiger partial charge in [0, 0.05) is 11.4 Å². The Hall–Kier alpha value is -1.60. The van der Waals surface area contributed by atoms with Crippen LogP contribution in [0.2, 0.25) is 5.02 Å². The Morgan fingerprint density at radius 3 is 2.74 bits per heavy atom. The van der Waals surface area contributed by atoms with Crippen LogP contribution >= 0.6 is 22.9 Å². The number of aryl methyl sites for hydroxylation is 1. The molecule has 0 amide bonds. The molecule has 0 aliphatic carbocycles. The zero-order valence-electron chi connectivity index (χ0n) is 9.55. The van der Waals surface area contributed by atoms with E-state index in [1.54, 1.807) is 12.3 Å². The SMILES string of the molecule is Cc1csc(NN=Cc2c(F)cc(F)c(Cl)c2F)n1. The minimum Gasteiger partial charge on any atom is -0.253 e. The molecule has 1 aromatic heterocycles. The summed E-state index contributed by atoms with van der Waals surface area (Å²) in [4.78, 5) is 4.04. The lowest BCUT2D eigenvalue weighted by Crippen LogP contribution is -1.99. The molecule has 2 aromatic rings. The second-order valence-corrected chi connectivity index (χ2v) is 4.78. The van der Waals surface area contributed by atoms with Gasteiger partial charge in [-0.1, -0.05) is 11.6 Å². The molecule has 0 atom stereocenters. The topological polar surface area (TPSA) is 37.3 Å². The van der Waals surface area contributed by atoms with Crippen molar-refractivity contribution in [1.82, 2.24) is 4.98 Å². The smallest absolute Gasteiger partial charge is 0.203 e. The number of nitrogens with one attached hydrogen (secondary N) is 1. The van der Waals surface area contributed by atoms with Gasteiger partial charge in [0.2, 0.25) is 5.13 Å². The molecule has 0 bridgehead atoms. The number of nitrogens with zero attached hydrogens (tertiary/aromatic N) is 2. The van der Waals surface area contributed by atoms with E-state index in [1.807, 2.05) is 0 Å². The summed E-state index contributed by atoms with van der Waals surface area (Å²) in [5.74, 6) is -3.43. The fourth-order valence-electron chi connectivity index (χ4n) is 1.26. The van der Waals surface area contributed by atoms with Crippen LogP contribution in [-0.4, -0.2) is 11.2 Å². The van der Waals surface area contributed by atoms with Crippen LogP contribution in [0.5, 0.6) is 0 Å². The van der Waals surface area contributed by atoms with Crippen molar-refractivity contribution in [2.45, 2.75) is 6.92 Å². The first kappa shape index (κ1) is 13.8. The first-order chi connectivity index (χ1) is 8.99. The molecule has 1 aromatic carbocycles. The molecule has 8 heteroatoms. The second kappa shape index (κ2) is 5.58. The number of hydrogen-bond donors (Lipinski definition) is 1. The molecule has 0 aliphatic rings. The molecule has 2 rings (SSSR count). The highest BCUT2D eigenvalue weighted by Crippen LogP contribution is 2.23. The molecule has 0 fully saturated rings. The number of thiazole rings is 1. The van der Waals surface area contributed by atoms with Gasteiger partial charge in [0.25, 0.3) is 0 Å². The van der Waals surface area contributed by atoms with Gasteiger partial charge >= 0.3 is 0 Å². The van der Waals surface area contributed by atoms with Gasteiger partial charge in [0.1, 0.15) is 16.7 Å². The van der Waals surface area contributed by atoms with Crippen LogP contribution in [0.25, 0.3) is 0 Å². The van der Waals surface area contributed by atoms with E-state index in [1.165, 1.54) is 11.3 Å². The first-order valence-electron chi connectivity index (χ1n) is 5.03. The second-order valence-electron chi connectivity index (χ2n) is 3.55. The minimum absolute atomic E-state index is 0.475. The Kier molecular flexibility index (Phi) is 4.06. The van der Waals surface area contributed by atoms with Crippen LogP contribution in [0.1, 0.15) is 11.3 Å². The average Bonchev–Trinajstić information content (AvgIpc) is 2.77. The van der Waals surface area contributed by atoms with Crippen LogP contribution < -0.4 is 5.43 Å². The molecule has 0 spiro atoms. The van der Waals surface area contributed by atoms with Crippen molar-refractivity contribution in [3.63, 3.8) is 0 Å². The predicted octanol–water partition coefficient (Wildman–Crippen LogP) is 3.97. The third kappa shape index (κ3) is 3.05. The molecule has 100 valence electrons. The minimum atomic E-state index is -1.19. The summed E-state index contributed by atoms with van der Waals surface area (Å²) in [5.41, 5.74) is 2.78. The van der Waals surface area contributed by atoms with Crippen LogP contribution in [0.3, 0.4) is 0 Å². The van der Waals surface area contributed by atoms with E-state index in [4.69, 9.17) is 11.6 Å². The lowest BCUT2D eigenvalue weighted by atomic mass is 10.2. The third-order valence-electron chi connectivity index (χ3n) is 2.12. The van der Waals surface area contributed by atoms with Gasteiger partial charge in [-0.15, -0.1) is 11.3 Å². The summed E-state index contributed by atoms with van der Waals surface area (Å²) < 4.78 is 39.8. The maximum atomic E-state index is 13.5. The normalized spacial score (nSPS) is 11.2. The number of anilines is 1. The average molecular weight is 306 g/mol. The maximum Gasteiger partial charge on any atom is 0.203 e. The van der Waals surface area contributed by atoms with E-state index >= 15 is 0 Å². The fourth-order valence-corrected chi connectivity index (χ4v) is 2.05. The lowest BCUT2D eigenvalue weighted by molar-refractivity contribution is 0.542. The van der Waals surface area contributed by atoms with Crippen molar-refractivity contribution in [3.05, 3.63) is 45.2 Å². The van der Waals surface area contributed by atoms with E-state index < -0.39 is 28.0 Å². The zero-order chi connectivity index (χ0) is 14.0. The zero-order valence-corrected chi connectivity index (χ0v) is 11.1. The Bertz CT molecular complexity index is 642. The number of hydrazone groups is 1. The van der Waals surface area contributed by atoms with Gasteiger partial charge in [-0.25, -0.2) is 18.2 Å². The van der Waals surface area contributed by atoms with Gasteiger partial charge in [0.05, 0.1) is 17.5 Å². The highest BCUT2D eigenvalue weighted by molar-refractivity contribution is 7.13. The van der Waals surface area contributed by atoms with E-state index in [0.717, 1.165) is 11.9 Å². The van der Waals surface area contributed by atoms with Crippen molar-refractivity contribution in [2.24, 2.45) is 5.10 Å². The van der Waals surface area contributed by atoms with E-state index in [9.17, 15) is 13.2 Å². The molecule has 0 radical (unpaired) electrons. The first-order valence-corrected chi connectivity index (χ1v) is 6.29. The van der Waals surface area contributed by atoms with Gasteiger partial charge < -0.3 is 0 Å². The Morgan fingerprint density at radius 2 is 2.11 bits per heavy atom. The van der Waals surface area contributed by atoms with Crippen molar-refractivity contribution < 1.29 is 13.2 Å². The standard InChI is InChI=1S/C11H7ClF3N3S/c1-5-4-19-11(17-5)18-16-3-6-7(13)2-8(14)9(12)10(6)15/h2-4H,1H3,(H,17,18). The number of aromatic nitrogens is 1.